The van der Waals surface area contributed by atoms with Crippen molar-refractivity contribution in [3.05, 3.63) is 41.9 Å². The Labute approximate surface area is 117 Å². The van der Waals surface area contributed by atoms with Crippen LogP contribution in [0.5, 0.6) is 17.2 Å². The monoisotopic (exact) mass is 276 g/mol. The zero-order chi connectivity index (χ0) is 14.5. The Morgan fingerprint density at radius 1 is 1.05 bits per heavy atom. The fourth-order valence-corrected chi connectivity index (χ4v) is 1.99. The van der Waals surface area contributed by atoms with Crippen LogP contribution in [0.3, 0.4) is 0 Å². The number of ketones is 1. The first-order chi connectivity index (χ1) is 9.71. The summed E-state index contributed by atoms with van der Waals surface area (Å²) in [5.41, 5.74) is 0.432. The molecule has 1 heterocycles. The molecule has 1 aromatic heterocycles. The number of carbonyl (C=O) groups excluding carboxylic acids is 1. The molecule has 0 unspecified atom stereocenters. The lowest BCUT2D eigenvalue weighted by Gasteiger charge is -2.14. The van der Waals surface area contributed by atoms with Crippen molar-refractivity contribution in [2.24, 2.45) is 0 Å². The standard InChI is InChI=1S/C15H16O5/c1-17-13-7-6-11(14(18-2)15(13)19-3)12(16)9-10-5-4-8-20-10/h4-8H,9H2,1-3H3. The van der Waals surface area contributed by atoms with E-state index in [2.05, 4.69) is 0 Å². The maximum Gasteiger partial charge on any atom is 0.204 e. The van der Waals surface area contributed by atoms with Gasteiger partial charge in [-0.25, -0.2) is 0 Å². The van der Waals surface area contributed by atoms with Crippen molar-refractivity contribution in [1.82, 2.24) is 0 Å². The Morgan fingerprint density at radius 2 is 1.80 bits per heavy atom. The molecule has 0 bridgehead atoms. The summed E-state index contributed by atoms with van der Waals surface area (Å²) < 4.78 is 20.9. The summed E-state index contributed by atoms with van der Waals surface area (Å²) in [5.74, 6) is 1.77. The first kappa shape index (κ1) is 14.0. The predicted molar refractivity (Wildman–Crippen MR) is 72.8 cm³/mol. The van der Waals surface area contributed by atoms with Crippen LogP contribution in [0, 0.1) is 0 Å². The van der Waals surface area contributed by atoms with E-state index in [1.807, 2.05) is 0 Å². The zero-order valence-corrected chi connectivity index (χ0v) is 11.6. The van der Waals surface area contributed by atoms with Crippen LogP contribution in [0.1, 0.15) is 16.1 Å². The van der Waals surface area contributed by atoms with Gasteiger partial charge in [0.2, 0.25) is 5.75 Å². The number of ether oxygens (including phenoxy) is 3. The van der Waals surface area contributed by atoms with Gasteiger partial charge in [-0.05, 0) is 24.3 Å². The molecule has 5 heteroatoms. The minimum atomic E-state index is -0.113. The molecule has 2 rings (SSSR count). The van der Waals surface area contributed by atoms with E-state index in [4.69, 9.17) is 18.6 Å². The second kappa shape index (κ2) is 6.14. The van der Waals surface area contributed by atoms with Gasteiger partial charge in [-0.3, -0.25) is 4.79 Å². The van der Waals surface area contributed by atoms with Crippen molar-refractivity contribution in [2.45, 2.75) is 6.42 Å². The third-order valence-corrected chi connectivity index (χ3v) is 2.92. The van der Waals surface area contributed by atoms with Crippen molar-refractivity contribution in [2.75, 3.05) is 21.3 Å². The van der Waals surface area contributed by atoms with E-state index in [0.717, 1.165) is 0 Å². The van der Waals surface area contributed by atoms with E-state index in [9.17, 15) is 4.79 Å². The Hall–Kier alpha value is -2.43. The largest absolute Gasteiger partial charge is 0.493 e. The molecule has 106 valence electrons. The summed E-state index contributed by atoms with van der Waals surface area (Å²) in [4.78, 5) is 12.3. The molecule has 0 aliphatic carbocycles. The smallest absolute Gasteiger partial charge is 0.204 e. The maximum atomic E-state index is 12.3. The van der Waals surface area contributed by atoms with Crippen molar-refractivity contribution in [3.8, 4) is 17.2 Å². The number of carbonyl (C=O) groups is 1. The third-order valence-electron chi connectivity index (χ3n) is 2.92. The average Bonchev–Trinajstić information content (AvgIpc) is 2.98. The zero-order valence-electron chi connectivity index (χ0n) is 11.6. The molecule has 2 aromatic rings. The van der Waals surface area contributed by atoms with Gasteiger partial charge < -0.3 is 18.6 Å². The van der Waals surface area contributed by atoms with Crippen molar-refractivity contribution < 1.29 is 23.4 Å². The van der Waals surface area contributed by atoms with E-state index in [1.54, 1.807) is 24.3 Å². The predicted octanol–water partition coefficient (Wildman–Crippen LogP) is 2.73. The Morgan fingerprint density at radius 3 is 2.35 bits per heavy atom. The van der Waals surface area contributed by atoms with Crippen LogP contribution in [-0.4, -0.2) is 27.1 Å². The third kappa shape index (κ3) is 2.61. The van der Waals surface area contributed by atoms with Crippen LogP contribution in [0.15, 0.2) is 34.9 Å². The van der Waals surface area contributed by atoms with Crippen molar-refractivity contribution in [1.29, 1.82) is 0 Å². The van der Waals surface area contributed by atoms with Crippen LogP contribution >= 0.6 is 0 Å². The van der Waals surface area contributed by atoms with Gasteiger partial charge in [-0.15, -0.1) is 0 Å². The molecule has 0 aliphatic rings. The minimum absolute atomic E-state index is 0.113. The molecular weight excluding hydrogens is 260 g/mol. The van der Waals surface area contributed by atoms with E-state index in [-0.39, 0.29) is 12.2 Å². The fraction of sp³-hybridized carbons (Fsp3) is 0.267. The van der Waals surface area contributed by atoms with Crippen molar-refractivity contribution in [3.63, 3.8) is 0 Å². The quantitative estimate of drug-likeness (QED) is 0.759. The van der Waals surface area contributed by atoms with Gasteiger partial charge in [0.25, 0.3) is 0 Å². The normalized spacial score (nSPS) is 10.2. The van der Waals surface area contributed by atoms with E-state index < -0.39 is 0 Å². The number of hydrogen-bond acceptors (Lipinski definition) is 5. The van der Waals surface area contributed by atoms with Gasteiger partial charge in [0.15, 0.2) is 17.3 Å². The summed E-state index contributed by atoms with van der Waals surface area (Å²) >= 11 is 0. The van der Waals surface area contributed by atoms with Gasteiger partial charge >= 0.3 is 0 Å². The summed E-state index contributed by atoms with van der Waals surface area (Å²) in [5, 5.41) is 0. The molecular formula is C15H16O5. The lowest BCUT2D eigenvalue weighted by Crippen LogP contribution is -2.07. The second-order valence-electron chi connectivity index (χ2n) is 4.06. The molecule has 5 nitrogen and oxygen atoms in total. The van der Waals surface area contributed by atoms with Crippen LogP contribution in [-0.2, 0) is 6.42 Å². The molecule has 0 atom stereocenters. The number of hydrogen-bond donors (Lipinski definition) is 0. The number of furan rings is 1. The summed E-state index contributed by atoms with van der Waals surface area (Å²) in [7, 11) is 4.52. The van der Waals surface area contributed by atoms with Gasteiger partial charge in [0.1, 0.15) is 5.76 Å². The molecule has 1 aromatic carbocycles. The Kier molecular flexibility index (Phi) is 4.30. The number of rotatable bonds is 6. The highest BCUT2D eigenvalue weighted by molar-refractivity contribution is 6.00. The summed E-state index contributed by atoms with van der Waals surface area (Å²) in [6.07, 6.45) is 1.70. The van der Waals surface area contributed by atoms with E-state index in [0.29, 0.717) is 28.6 Å². The highest BCUT2D eigenvalue weighted by Gasteiger charge is 2.21. The summed E-state index contributed by atoms with van der Waals surface area (Å²) in [6.45, 7) is 0. The molecule has 0 amide bonds. The highest BCUT2D eigenvalue weighted by atomic mass is 16.5. The van der Waals surface area contributed by atoms with Gasteiger partial charge in [-0.2, -0.15) is 0 Å². The highest BCUT2D eigenvalue weighted by Crippen LogP contribution is 2.40. The Bertz CT molecular complexity index is 587. The molecule has 0 aliphatic heterocycles. The lowest BCUT2D eigenvalue weighted by molar-refractivity contribution is 0.0983. The SMILES string of the molecule is COc1ccc(C(=O)Cc2ccco2)c(OC)c1OC. The van der Waals surface area contributed by atoms with Crippen LogP contribution in [0.4, 0.5) is 0 Å². The second-order valence-corrected chi connectivity index (χ2v) is 4.06. The van der Waals surface area contributed by atoms with E-state index >= 15 is 0 Å². The van der Waals surface area contributed by atoms with Gasteiger partial charge in [-0.1, -0.05) is 0 Å². The summed E-state index contributed by atoms with van der Waals surface area (Å²) in [6, 6.07) is 6.84. The fourth-order valence-electron chi connectivity index (χ4n) is 1.99. The topological polar surface area (TPSA) is 57.9 Å². The molecule has 0 radical (unpaired) electrons. The van der Waals surface area contributed by atoms with Crippen LogP contribution in [0.25, 0.3) is 0 Å². The number of methoxy groups -OCH3 is 3. The average molecular weight is 276 g/mol. The molecule has 20 heavy (non-hydrogen) atoms. The van der Waals surface area contributed by atoms with Crippen LogP contribution in [0.2, 0.25) is 0 Å². The lowest BCUT2D eigenvalue weighted by atomic mass is 10.0. The van der Waals surface area contributed by atoms with Crippen molar-refractivity contribution >= 4 is 5.78 Å². The number of benzene rings is 1. The molecule has 0 N–H and O–H groups in total. The first-order valence-electron chi connectivity index (χ1n) is 6.05. The Balaban J connectivity index is 2.38. The molecule has 0 saturated heterocycles. The molecule has 0 spiro atoms. The number of Topliss-reactive ketones (excluding diaryl/α,β-unsaturated/α-hetero) is 1. The first-order valence-corrected chi connectivity index (χ1v) is 6.05. The van der Waals surface area contributed by atoms with Crippen LogP contribution < -0.4 is 14.2 Å². The molecule has 0 saturated carbocycles. The molecule has 0 fully saturated rings. The van der Waals surface area contributed by atoms with Gasteiger partial charge in [0.05, 0.1) is 39.6 Å². The van der Waals surface area contributed by atoms with Gasteiger partial charge in [0, 0.05) is 0 Å². The maximum absolute atomic E-state index is 12.3. The minimum Gasteiger partial charge on any atom is -0.493 e. The van der Waals surface area contributed by atoms with E-state index in [1.165, 1.54) is 27.6 Å².